The minimum absolute atomic E-state index is 0.121. The predicted octanol–water partition coefficient (Wildman–Crippen LogP) is 2.55. The number of carbonyl (C=O) groups is 1. The normalized spacial score (nSPS) is 17.5. The van der Waals surface area contributed by atoms with Crippen LogP contribution in [0, 0.1) is 13.8 Å². The van der Waals surface area contributed by atoms with E-state index in [-0.39, 0.29) is 17.7 Å². The Bertz CT molecular complexity index is 735. The highest BCUT2D eigenvalue weighted by molar-refractivity contribution is 5.76. The summed E-state index contributed by atoms with van der Waals surface area (Å²) in [5.74, 6) is 2.65. The number of likely N-dealkylation sites (tertiary alicyclic amines) is 1. The number of amides is 1. The van der Waals surface area contributed by atoms with E-state index in [0.29, 0.717) is 31.1 Å². The average molecular weight is 343 g/mol. The molecule has 25 heavy (non-hydrogen) atoms. The lowest BCUT2D eigenvalue weighted by Crippen LogP contribution is -2.28. The summed E-state index contributed by atoms with van der Waals surface area (Å²) in [5, 5.41) is 3.93. The first kappa shape index (κ1) is 17.5. The van der Waals surface area contributed by atoms with Crippen LogP contribution in [0.1, 0.15) is 67.5 Å². The van der Waals surface area contributed by atoms with E-state index in [2.05, 4.69) is 20.1 Å². The number of aromatic nitrogens is 4. The summed E-state index contributed by atoms with van der Waals surface area (Å²) >= 11 is 0. The molecule has 1 atom stereocenters. The average Bonchev–Trinajstić information content (AvgIpc) is 3.21. The van der Waals surface area contributed by atoms with Crippen molar-refractivity contribution in [3.05, 3.63) is 35.0 Å². The Morgan fingerprint density at radius 3 is 2.64 bits per heavy atom. The van der Waals surface area contributed by atoms with Crippen molar-refractivity contribution < 1.29 is 9.32 Å². The third kappa shape index (κ3) is 4.21. The van der Waals surface area contributed by atoms with E-state index in [1.165, 1.54) is 0 Å². The minimum atomic E-state index is 0.121. The maximum absolute atomic E-state index is 12.5. The van der Waals surface area contributed by atoms with Gasteiger partial charge in [0.25, 0.3) is 0 Å². The van der Waals surface area contributed by atoms with Crippen LogP contribution in [0.5, 0.6) is 0 Å². The van der Waals surface area contributed by atoms with E-state index in [9.17, 15) is 4.79 Å². The molecular formula is C18H25N5O2. The molecule has 1 unspecified atom stereocenters. The summed E-state index contributed by atoms with van der Waals surface area (Å²) in [4.78, 5) is 27.8. The molecule has 1 aliphatic heterocycles. The number of aryl methyl sites for hydroxylation is 3. The van der Waals surface area contributed by atoms with Crippen LogP contribution in [-0.4, -0.2) is 44.0 Å². The van der Waals surface area contributed by atoms with Crippen molar-refractivity contribution in [2.75, 3.05) is 13.1 Å². The van der Waals surface area contributed by atoms with Crippen LogP contribution in [-0.2, 0) is 11.2 Å². The van der Waals surface area contributed by atoms with Gasteiger partial charge < -0.3 is 9.42 Å². The van der Waals surface area contributed by atoms with Crippen LogP contribution in [0.4, 0.5) is 0 Å². The second-order valence-corrected chi connectivity index (χ2v) is 7.04. The van der Waals surface area contributed by atoms with Crippen LogP contribution < -0.4 is 0 Å². The van der Waals surface area contributed by atoms with Crippen LogP contribution in [0.2, 0.25) is 0 Å². The second kappa shape index (κ2) is 7.29. The molecule has 3 rings (SSSR count). The fourth-order valence-corrected chi connectivity index (χ4v) is 3.11. The summed E-state index contributed by atoms with van der Waals surface area (Å²) < 4.78 is 5.20. The van der Waals surface area contributed by atoms with Gasteiger partial charge in [-0.25, -0.2) is 9.97 Å². The first-order chi connectivity index (χ1) is 11.9. The Labute approximate surface area is 147 Å². The quantitative estimate of drug-likeness (QED) is 0.829. The number of rotatable bonds is 5. The highest BCUT2D eigenvalue weighted by atomic mass is 16.5. The zero-order valence-corrected chi connectivity index (χ0v) is 15.3. The first-order valence-corrected chi connectivity index (χ1v) is 8.85. The molecule has 2 aromatic rings. The third-order valence-electron chi connectivity index (χ3n) is 4.46. The van der Waals surface area contributed by atoms with Crippen LogP contribution in [0.3, 0.4) is 0 Å². The molecule has 0 radical (unpaired) electrons. The molecule has 1 saturated heterocycles. The fourth-order valence-electron chi connectivity index (χ4n) is 3.11. The molecule has 0 aliphatic carbocycles. The monoisotopic (exact) mass is 343 g/mol. The zero-order valence-electron chi connectivity index (χ0n) is 15.3. The molecular weight excluding hydrogens is 318 g/mol. The molecule has 1 aliphatic rings. The van der Waals surface area contributed by atoms with Gasteiger partial charge in [-0.15, -0.1) is 0 Å². The Balaban J connectivity index is 1.55. The Morgan fingerprint density at radius 2 is 2.00 bits per heavy atom. The Hall–Kier alpha value is -2.31. The fraction of sp³-hybridized carbons (Fsp3) is 0.611. The van der Waals surface area contributed by atoms with E-state index in [1.807, 2.05) is 38.7 Å². The summed E-state index contributed by atoms with van der Waals surface area (Å²) in [5.41, 5.74) is 1.95. The molecule has 1 amide bonds. The highest BCUT2D eigenvalue weighted by Crippen LogP contribution is 2.25. The van der Waals surface area contributed by atoms with E-state index in [1.54, 1.807) is 0 Å². The maximum atomic E-state index is 12.5. The molecule has 0 saturated carbocycles. The molecule has 0 N–H and O–H groups in total. The molecule has 134 valence electrons. The van der Waals surface area contributed by atoms with Crippen molar-refractivity contribution in [3.8, 4) is 0 Å². The highest BCUT2D eigenvalue weighted by Gasteiger charge is 2.29. The number of nitrogens with zero attached hydrogens (tertiary/aromatic N) is 5. The Kier molecular flexibility index (Phi) is 5.11. The van der Waals surface area contributed by atoms with E-state index < -0.39 is 0 Å². The topological polar surface area (TPSA) is 85.0 Å². The Morgan fingerprint density at radius 1 is 1.28 bits per heavy atom. The van der Waals surface area contributed by atoms with Gasteiger partial charge in [0, 0.05) is 49.2 Å². The first-order valence-electron chi connectivity index (χ1n) is 8.85. The SMILES string of the molecule is Cc1cc(C)nc(C2CCN(C(=O)CCc3nc(C(C)C)no3)C2)n1. The van der Waals surface area contributed by atoms with E-state index >= 15 is 0 Å². The minimum Gasteiger partial charge on any atom is -0.342 e. The van der Waals surface area contributed by atoms with Gasteiger partial charge in [0.1, 0.15) is 5.82 Å². The van der Waals surface area contributed by atoms with Crippen LogP contribution in [0.25, 0.3) is 0 Å². The van der Waals surface area contributed by atoms with Crippen molar-refractivity contribution in [2.45, 2.75) is 58.8 Å². The van der Waals surface area contributed by atoms with Gasteiger partial charge in [-0.2, -0.15) is 4.98 Å². The summed E-state index contributed by atoms with van der Waals surface area (Å²) in [6.07, 6.45) is 1.78. The van der Waals surface area contributed by atoms with Gasteiger partial charge in [-0.05, 0) is 26.3 Å². The predicted molar refractivity (Wildman–Crippen MR) is 92.2 cm³/mol. The molecule has 7 nitrogen and oxygen atoms in total. The maximum Gasteiger partial charge on any atom is 0.227 e. The molecule has 0 aromatic carbocycles. The van der Waals surface area contributed by atoms with Crippen molar-refractivity contribution >= 4 is 5.91 Å². The third-order valence-corrected chi connectivity index (χ3v) is 4.46. The summed E-state index contributed by atoms with van der Waals surface area (Å²) in [6.45, 7) is 9.42. The van der Waals surface area contributed by atoms with Gasteiger partial charge >= 0.3 is 0 Å². The van der Waals surface area contributed by atoms with Gasteiger partial charge in [-0.3, -0.25) is 4.79 Å². The van der Waals surface area contributed by atoms with Crippen LogP contribution >= 0.6 is 0 Å². The second-order valence-electron chi connectivity index (χ2n) is 7.04. The van der Waals surface area contributed by atoms with Crippen molar-refractivity contribution in [1.82, 2.24) is 25.0 Å². The standard InChI is InChI=1S/C18H25N5O2/c1-11(2)17-21-15(25-22-17)5-6-16(24)23-8-7-14(10-23)18-19-12(3)9-13(4)20-18/h9,11,14H,5-8,10H2,1-4H3. The van der Waals surface area contributed by atoms with Gasteiger partial charge in [-0.1, -0.05) is 19.0 Å². The molecule has 0 spiro atoms. The molecule has 7 heteroatoms. The smallest absolute Gasteiger partial charge is 0.227 e. The van der Waals surface area contributed by atoms with E-state index in [4.69, 9.17) is 4.52 Å². The van der Waals surface area contributed by atoms with Crippen molar-refractivity contribution in [1.29, 1.82) is 0 Å². The van der Waals surface area contributed by atoms with Gasteiger partial charge in [0.05, 0.1) is 0 Å². The number of hydrogen-bond donors (Lipinski definition) is 0. The number of carbonyl (C=O) groups excluding carboxylic acids is 1. The van der Waals surface area contributed by atoms with E-state index in [0.717, 1.165) is 30.2 Å². The molecule has 1 fully saturated rings. The summed E-state index contributed by atoms with van der Waals surface area (Å²) in [7, 11) is 0. The largest absolute Gasteiger partial charge is 0.342 e. The van der Waals surface area contributed by atoms with Crippen molar-refractivity contribution in [2.24, 2.45) is 0 Å². The molecule has 2 aromatic heterocycles. The lowest BCUT2D eigenvalue weighted by molar-refractivity contribution is -0.130. The number of hydrogen-bond acceptors (Lipinski definition) is 6. The van der Waals surface area contributed by atoms with Crippen LogP contribution in [0.15, 0.2) is 10.6 Å². The van der Waals surface area contributed by atoms with Gasteiger partial charge in [0.15, 0.2) is 5.82 Å². The molecule has 0 bridgehead atoms. The van der Waals surface area contributed by atoms with Crippen molar-refractivity contribution in [3.63, 3.8) is 0 Å². The zero-order chi connectivity index (χ0) is 18.0. The molecule has 3 heterocycles. The lowest BCUT2D eigenvalue weighted by atomic mass is 10.1. The summed E-state index contributed by atoms with van der Waals surface area (Å²) in [6, 6.07) is 1.97. The van der Waals surface area contributed by atoms with Gasteiger partial charge in [0.2, 0.25) is 11.8 Å². The lowest BCUT2D eigenvalue weighted by Gasteiger charge is -2.16.